The number of aromatic nitrogens is 1. The van der Waals surface area contributed by atoms with E-state index < -0.39 is 17.9 Å². The molecule has 0 fully saturated rings. The molecule has 0 saturated carbocycles. The maximum absolute atomic E-state index is 12.7. The van der Waals surface area contributed by atoms with Gasteiger partial charge in [-0.05, 0) is 11.6 Å². The molecule has 1 unspecified atom stereocenters. The third kappa shape index (κ3) is 3.03. The van der Waals surface area contributed by atoms with E-state index in [1.807, 2.05) is 29.2 Å². The van der Waals surface area contributed by atoms with E-state index in [0.717, 1.165) is 28.0 Å². The zero-order valence-corrected chi connectivity index (χ0v) is 13.0. The maximum Gasteiger partial charge on any atom is 0.434 e. The van der Waals surface area contributed by atoms with Crippen LogP contribution >= 0.6 is 11.3 Å². The number of carbonyl (C=O) groups is 1. The molecule has 0 bridgehead atoms. The number of hydrogen-bond donors (Lipinski definition) is 1. The molecule has 0 aliphatic carbocycles. The Morgan fingerprint density at radius 3 is 2.83 bits per heavy atom. The molecule has 1 aromatic heterocycles. The smallest absolute Gasteiger partial charge is 0.357 e. The SMILES string of the molecule is CNC(=O)C1Cc2ccccc2N1Cc1nc(C(F)(F)F)cs1. The normalized spacial score (nSPS) is 17.2. The fourth-order valence-electron chi connectivity index (χ4n) is 2.71. The highest BCUT2D eigenvalue weighted by atomic mass is 32.1. The number of carbonyl (C=O) groups excluding carboxylic acids is 1. The number of hydrogen-bond acceptors (Lipinski definition) is 4. The van der Waals surface area contributed by atoms with Crippen molar-refractivity contribution in [3.63, 3.8) is 0 Å². The summed E-state index contributed by atoms with van der Waals surface area (Å²) in [6, 6.07) is 7.09. The van der Waals surface area contributed by atoms with Gasteiger partial charge < -0.3 is 10.2 Å². The molecule has 1 aromatic carbocycles. The largest absolute Gasteiger partial charge is 0.434 e. The summed E-state index contributed by atoms with van der Waals surface area (Å²) in [4.78, 5) is 17.6. The van der Waals surface area contributed by atoms with E-state index in [1.165, 1.54) is 0 Å². The van der Waals surface area contributed by atoms with E-state index in [1.54, 1.807) is 7.05 Å². The average Bonchev–Trinajstić information content (AvgIpc) is 3.12. The number of anilines is 1. The second-order valence-corrected chi connectivity index (χ2v) is 6.16. The van der Waals surface area contributed by atoms with E-state index in [2.05, 4.69) is 10.3 Å². The van der Waals surface area contributed by atoms with E-state index in [-0.39, 0.29) is 12.5 Å². The van der Waals surface area contributed by atoms with Crippen molar-refractivity contribution in [1.29, 1.82) is 0 Å². The Bertz CT molecular complexity index is 729. The van der Waals surface area contributed by atoms with Crippen molar-refractivity contribution in [1.82, 2.24) is 10.3 Å². The Balaban J connectivity index is 1.89. The molecule has 1 atom stereocenters. The summed E-state index contributed by atoms with van der Waals surface area (Å²) in [7, 11) is 1.55. The summed E-state index contributed by atoms with van der Waals surface area (Å²) in [5.41, 5.74) is 0.986. The molecular formula is C15H14F3N3OS. The van der Waals surface area contributed by atoms with Gasteiger partial charge in [-0.3, -0.25) is 4.79 Å². The van der Waals surface area contributed by atoms with Crippen molar-refractivity contribution < 1.29 is 18.0 Å². The minimum atomic E-state index is -4.45. The van der Waals surface area contributed by atoms with Crippen molar-refractivity contribution in [2.75, 3.05) is 11.9 Å². The van der Waals surface area contributed by atoms with Crippen molar-refractivity contribution in [3.05, 3.63) is 45.9 Å². The van der Waals surface area contributed by atoms with E-state index >= 15 is 0 Å². The minimum Gasteiger partial charge on any atom is -0.357 e. The highest BCUT2D eigenvalue weighted by Gasteiger charge is 2.36. The molecule has 3 rings (SSSR count). The van der Waals surface area contributed by atoms with E-state index in [9.17, 15) is 18.0 Å². The summed E-state index contributed by atoms with van der Waals surface area (Å²) in [5.74, 6) is -0.159. The molecule has 1 aliphatic rings. The van der Waals surface area contributed by atoms with Crippen LogP contribution in [-0.2, 0) is 23.9 Å². The summed E-state index contributed by atoms with van der Waals surface area (Å²) in [6.45, 7) is 0.176. The average molecular weight is 341 g/mol. The standard InChI is InChI=1S/C15H14F3N3OS/c1-19-14(22)11-6-9-4-2-3-5-10(9)21(11)7-13-20-12(8-23-13)15(16,17)18/h2-5,8,11H,6-7H2,1H3,(H,19,22). The van der Waals surface area contributed by atoms with Crippen LogP contribution in [-0.4, -0.2) is 24.0 Å². The van der Waals surface area contributed by atoms with Crippen LogP contribution in [0, 0.1) is 0 Å². The number of fused-ring (bicyclic) bond motifs is 1. The van der Waals surface area contributed by atoms with E-state index in [0.29, 0.717) is 11.4 Å². The molecule has 0 saturated heterocycles. The number of thiazole rings is 1. The summed E-state index contributed by atoms with van der Waals surface area (Å²) < 4.78 is 38.0. The first-order chi connectivity index (χ1) is 10.9. The number of para-hydroxylation sites is 1. The molecule has 0 radical (unpaired) electrons. The van der Waals surface area contributed by atoms with Gasteiger partial charge in [-0.2, -0.15) is 13.2 Å². The Labute approximate surface area is 135 Å². The van der Waals surface area contributed by atoms with Crippen molar-refractivity contribution in [3.8, 4) is 0 Å². The first-order valence-corrected chi connectivity index (χ1v) is 7.86. The number of rotatable bonds is 3. The van der Waals surface area contributed by atoms with Gasteiger partial charge in [0, 0.05) is 24.5 Å². The predicted octanol–water partition coefficient (Wildman–Crippen LogP) is 2.84. The van der Waals surface area contributed by atoms with E-state index in [4.69, 9.17) is 0 Å². The van der Waals surface area contributed by atoms with Gasteiger partial charge in [-0.25, -0.2) is 4.98 Å². The van der Waals surface area contributed by atoms with Crippen LogP contribution in [0.1, 0.15) is 16.3 Å². The lowest BCUT2D eigenvalue weighted by Gasteiger charge is -2.25. The van der Waals surface area contributed by atoms with Gasteiger partial charge in [0.2, 0.25) is 5.91 Å². The van der Waals surface area contributed by atoms with Crippen LogP contribution in [0.2, 0.25) is 0 Å². The molecule has 0 spiro atoms. The molecule has 2 aromatic rings. The fraction of sp³-hybridized carbons (Fsp3) is 0.333. The van der Waals surface area contributed by atoms with Gasteiger partial charge in [0.25, 0.3) is 0 Å². The summed E-state index contributed by atoms with van der Waals surface area (Å²) in [6.07, 6.45) is -3.91. The predicted molar refractivity (Wildman–Crippen MR) is 81.3 cm³/mol. The highest BCUT2D eigenvalue weighted by molar-refractivity contribution is 7.09. The number of likely N-dealkylation sites (N-methyl/N-ethyl adjacent to an activating group) is 1. The van der Waals surface area contributed by atoms with Crippen LogP contribution in [0.5, 0.6) is 0 Å². The maximum atomic E-state index is 12.7. The second kappa shape index (κ2) is 5.84. The monoisotopic (exact) mass is 341 g/mol. The molecule has 1 aliphatic heterocycles. The number of benzene rings is 1. The highest BCUT2D eigenvalue weighted by Crippen LogP contribution is 2.35. The molecular weight excluding hydrogens is 327 g/mol. The number of amides is 1. The zero-order valence-electron chi connectivity index (χ0n) is 12.2. The Morgan fingerprint density at radius 2 is 2.17 bits per heavy atom. The molecule has 1 amide bonds. The Kier molecular flexibility index (Phi) is 4.01. The van der Waals surface area contributed by atoms with Gasteiger partial charge in [-0.15, -0.1) is 11.3 Å². The lowest BCUT2D eigenvalue weighted by molar-refractivity contribution is -0.140. The number of nitrogens with one attached hydrogen (secondary N) is 1. The number of halogens is 3. The van der Waals surface area contributed by atoms with Crippen LogP contribution in [0.15, 0.2) is 29.6 Å². The zero-order chi connectivity index (χ0) is 16.6. The quantitative estimate of drug-likeness (QED) is 0.934. The lowest BCUT2D eigenvalue weighted by atomic mass is 10.1. The van der Waals surface area contributed by atoms with Crippen LogP contribution in [0.3, 0.4) is 0 Å². The van der Waals surface area contributed by atoms with Crippen molar-refractivity contribution in [2.24, 2.45) is 0 Å². The molecule has 4 nitrogen and oxygen atoms in total. The van der Waals surface area contributed by atoms with Gasteiger partial charge in [0.15, 0.2) is 5.69 Å². The molecule has 8 heteroatoms. The first-order valence-electron chi connectivity index (χ1n) is 6.98. The Hall–Kier alpha value is -2.09. The Morgan fingerprint density at radius 1 is 1.43 bits per heavy atom. The summed E-state index contributed by atoms with van der Waals surface area (Å²) >= 11 is 0.955. The second-order valence-electron chi connectivity index (χ2n) is 5.22. The van der Waals surface area contributed by atoms with Gasteiger partial charge in [-0.1, -0.05) is 18.2 Å². The van der Waals surface area contributed by atoms with Crippen molar-refractivity contribution >= 4 is 22.9 Å². The van der Waals surface area contributed by atoms with Crippen LogP contribution < -0.4 is 10.2 Å². The third-order valence-corrected chi connectivity index (χ3v) is 4.62. The minimum absolute atomic E-state index is 0.159. The number of alkyl halides is 3. The summed E-state index contributed by atoms with van der Waals surface area (Å²) in [5, 5.41) is 3.95. The first kappa shape index (κ1) is 15.8. The molecule has 122 valence electrons. The molecule has 2 heterocycles. The lowest BCUT2D eigenvalue weighted by Crippen LogP contribution is -2.43. The van der Waals surface area contributed by atoms with Gasteiger partial charge in [0.1, 0.15) is 11.0 Å². The van der Waals surface area contributed by atoms with Crippen LogP contribution in [0.25, 0.3) is 0 Å². The van der Waals surface area contributed by atoms with Crippen molar-refractivity contribution in [2.45, 2.75) is 25.2 Å². The topological polar surface area (TPSA) is 45.2 Å². The molecule has 1 N–H and O–H groups in total. The van der Waals surface area contributed by atoms with Crippen LogP contribution in [0.4, 0.5) is 18.9 Å². The molecule has 23 heavy (non-hydrogen) atoms. The van der Waals surface area contributed by atoms with Gasteiger partial charge >= 0.3 is 6.18 Å². The third-order valence-electron chi connectivity index (χ3n) is 3.79. The van der Waals surface area contributed by atoms with Gasteiger partial charge in [0.05, 0.1) is 6.54 Å². The fourth-order valence-corrected chi connectivity index (χ4v) is 3.50. The number of nitrogens with zero attached hydrogens (tertiary/aromatic N) is 2.